The first kappa shape index (κ1) is 11.3. The number of nitrogens with one attached hydrogen (secondary N) is 1. The highest BCUT2D eigenvalue weighted by Gasteiger charge is 2.30. The Kier molecular flexibility index (Phi) is 3.08. The summed E-state index contributed by atoms with van der Waals surface area (Å²) in [7, 11) is 0. The summed E-state index contributed by atoms with van der Waals surface area (Å²) in [5.74, 6) is 0.0299. The Hall–Kier alpha value is -1.19. The minimum atomic E-state index is -0.643. The molecule has 3 atom stereocenters. The highest BCUT2D eigenvalue weighted by Crippen LogP contribution is 2.33. The van der Waals surface area contributed by atoms with E-state index in [1.54, 1.807) is 0 Å². The van der Waals surface area contributed by atoms with Crippen LogP contribution in [0.1, 0.15) is 26.7 Å². The molecule has 3 unspecified atom stereocenters. The van der Waals surface area contributed by atoms with Crippen LogP contribution in [-0.2, 0) is 0 Å². The zero-order valence-corrected chi connectivity index (χ0v) is 9.50. The van der Waals surface area contributed by atoms with Gasteiger partial charge in [-0.3, -0.25) is 0 Å². The molecule has 0 aromatic carbocycles. The van der Waals surface area contributed by atoms with Crippen molar-refractivity contribution in [3.05, 3.63) is 23.9 Å². The molecule has 1 aromatic rings. The van der Waals surface area contributed by atoms with E-state index in [0.717, 1.165) is 25.1 Å². The van der Waals surface area contributed by atoms with Crippen molar-refractivity contribution in [2.75, 3.05) is 5.32 Å². The largest absolute Gasteiger partial charge is 0.365 e. The van der Waals surface area contributed by atoms with Crippen molar-refractivity contribution in [3.8, 4) is 0 Å². The van der Waals surface area contributed by atoms with E-state index in [9.17, 15) is 8.78 Å². The topological polar surface area (TPSA) is 24.9 Å². The van der Waals surface area contributed by atoms with E-state index in [1.807, 2.05) is 0 Å². The second-order valence-electron chi connectivity index (χ2n) is 4.65. The van der Waals surface area contributed by atoms with Gasteiger partial charge in [-0.15, -0.1) is 0 Å². The Morgan fingerprint density at radius 1 is 1.31 bits per heavy atom. The average Bonchev–Trinajstić information content (AvgIpc) is 2.54. The monoisotopic (exact) mass is 226 g/mol. The van der Waals surface area contributed by atoms with Crippen molar-refractivity contribution in [2.45, 2.75) is 32.7 Å². The Bertz CT molecular complexity index is 381. The van der Waals surface area contributed by atoms with Crippen LogP contribution >= 0.6 is 0 Å². The van der Waals surface area contributed by atoms with Gasteiger partial charge in [0.25, 0.3) is 0 Å². The van der Waals surface area contributed by atoms with E-state index in [2.05, 4.69) is 24.1 Å². The predicted octanol–water partition coefficient (Wildman–Crippen LogP) is 3.21. The van der Waals surface area contributed by atoms with Crippen molar-refractivity contribution in [1.82, 2.24) is 4.98 Å². The van der Waals surface area contributed by atoms with Crippen LogP contribution in [0, 0.1) is 23.5 Å². The summed E-state index contributed by atoms with van der Waals surface area (Å²) >= 11 is 0. The van der Waals surface area contributed by atoms with Gasteiger partial charge in [-0.25, -0.2) is 13.8 Å². The molecule has 0 radical (unpaired) electrons. The van der Waals surface area contributed by atoms with E-state index < -0.39 is 11.6 Å². The van der Waals surface area contributed by atoms with E-state index in [1.165, 1.54) is 0 Å². The fourth-order valence-electron chi connectivity index (χ4n) is 2.26. The first-order valence-electron chi connectivity index (χ1n) is 5.65. The molecule has 2 rings (SSSR count). The van der Waals surface area contributed by atoms with Crippen molar-refractivity contribution in [3.63, 3.8) is 0 Å². The number of anilines is 1. The molecule has 0 amide bonds. The summed E-state index contributed by atoms with van der Waals surface area (Å²) < 4.78 is 26.0. The first-order valence-corrected chi connectivity index (χ1v) is 5.65. The van der Waals surface area contributed by atoms with Crippen LogP contribution in [0.5, 0.6) is 0 Å². The summed E-state index contributed by atoms with van der Waals surface area (Å²) in [6, 6.07) is 1.10. The lowest BCUT2D eigenvalue weighted by Crippen LogP contribution is -2.25. The molecule has 2 nitrogen and oxygen atoms in total. The number of nitrogens with zero attached hydrogens (tertiary/aromatic N) is 1. The van der Waals surface area contributed by atoms with Gasteiger partial charge in [0.05, 0.1) is 6.20 Å². The number of halogens is 2. The predicted molar refractivity (Wildman–Crippen MR) is 59.1 cm³/mol. The standard InChI is InChI=1S/C12H16F2N2/c1-7-3-4-11(8(7)2)16-12-10(14)5-9(13)6-15-12/h5-8,11H,3-4H2,1-2H3,(H,15,16). The molecule has 1 fully saturated rings. The van der Waals surface area contributed by atoms with E-state index >= 15 is 0 Å². The summed E-state index contributed by atoms with van der Waals surface area (Å²) in [6.45, 7) is 4.34. The van der Waals surface area contributed by atoms with Gasteiger partial charge in [-0.2, -0.15) is 0 Å². The third-order valence-corrected chi connectivity index (χ3v) is 3.60. The van der Waals surface area contributed by atoms with Gasteiger partial charge >= 0.3 is 0 Å². The molecule has 1 aliphatic carbocycles. The lowest BCUT2D eigenvalue weighted by molar-refractivity contribution is 0.433. The second kappa shape index (κ2) is 4.36. The summed E-state index contributed by atoms with van der Waals surface area (Å²) in [5, 5.41) is 3.06. The maximum atomic E-state index is 13.4. The maximum Gasteiger partial charge on any atom is 0.168 e. The van der Waals surface area contributed by atoms with Gasteiger partial charge in [0.15, 0.2) is 11.6 Å². The minimum absolute atomic E-state index is 0.160. The summed E-state index contributed by atoms with van der Waals surface area (Å²) in [4.78, 5) is 3.74. The SMILES string of the molecule is CC1CCC(Nc2ncc(F)cc2F)C1C. The van der Waals surface area contributed by atoms with Crippen LogP contribution in [0.3, 0.4) is 0 Å². The molecule has 4 heteroatoms. The smallest absolute Gasteiger partial charge is 0.168 e. The molecular formula is C12H16F2N2. The first-order chi connectivity index (χ1) is 7.58. The molecule has 1 aromatic heterocycles. The number of pyridine rings is 1. The van der Waals surface area contributed by atoms with Gasteiger partial charge in [0.1, 0.15) is 5.82 Å². The highest BCUT2D eigenvalue weighted by atomic mass is 19.1. The molecule has 1 N–H and O–H groups in total. The van der Waals surface area contributed by atoms with E-state index in [-0.39, 0.29) is 11.9 Å². The Morgan fingerprint density at radius 3 is 2.62 bits per heavy atom. The molecule has 0 bridgehead atoms. The van der Waals surface area contributed by atoms with Crippen molar-refractivity contribution >= 4 is 5.82 Å². The maximum absolute atomic E-state index is 13.4. The zero-order chi connectivity index (χ0) is 11.7. The number of hydrogen-bond donors (Lipinski definition) is 1. The number of hydrogen-bond acceptors (Lipinski definition) is 2. The number of rotatable bonds is 2. The van der Waals surface area contributed by atoms with Crippen LogP contribution in [0.2, 0.25) is 0 Å². The summed E-state index contributed by atoms with van der Waals surface area (Å²) in [5.41, 5.74) is 0. The van der Waals surface area contributed by atoms with E-state index in [0.29, 0.717) is 11.8 Å². The molecule has 0 aliphatic heterocycles. The van der Waals surface area contributed by atoms with Gasteiger partial charge in [0.2, 0.25) is 0 Å². The van der Waals surface area contributed by atoms with Crippen LogP contribution in [0.25, 0.3) is 0 Å². The number of aromatic nitrogens is 1. The molecule has 1 heterocycles. The Morgan fingerprint density at radius 2 is 2.06 bits per heavy atom. The lowest BCUT2D eigenvalue weighted by Gasteiger charge is -2.20. The molecule has 1 aliphatic rings. The van der Waals surface area contributed by atoms with Crippen LogP contribution < -0.4 is 5.32 Å². The zero-order valence-electron chi connectivity index (χ0n) is 9.50. The van der Waals surface area contributed by atoms with Crippen molar-refractivity contribution < 1.29 is 8.78 Å². The molecule has 1 saturated carbocycles. The molecule has 88 valence electrons. The van der Waals surface area contributed by atoms with Gasteiger partial charge in [0, 0.05) is 12.1 Å². The average molecular weight is 226 g/mol. The van der Waals surface area contributed by atoms with Crippen molar-refractivity contribution in [2.24, 2.45) is 11.8 Å². The highest BCUT2D eigenvalue weighted by molar-refractivity contribution is 5.37. The second-order valence-corrected chi connectivity index (χ2v) is 4.65. The fraction of sp³-hybridized carbons (Fsp3) is 0.583. The molecule has 0 saturated heterocycles. The molecule has 0 spiro atoms. The van der Waals surface area contributed by atoms with Crippen LogP contribution in [-0.4, -0.2) is 11.0 Å². The summed E-state index contributed by atoms with van der Waals surface area (Å²) in [6.07, 6.45) is 3.19. The van der Waals surface area contributed by atoms with E-state index in [4.69, 9.17) is 0 Å². The van der Waals surface area contributed by atoms with Gasteiger partial charge in [-0.05, 0) is 24.7 Å². The van der Waals surface area contributed by atoms with Crippen LogP contribution in [0.4, 0.5) is 14.6 Å². The lowest BCUT2D eigenvalue weighted by atomic mass is 9.98. The van der Waals surface area contributed by atoms with Crippen molar-refractivity contribution in [1.29, 1.82) is 0 Å². The third-order valence-electron chi connectivity index (χ3n) is 3.60. The molecule has 16 heavy (non-hydrogen) atoms. The molecular weight excluding hydrogens is 210 g/mol. The van der Waals surface area contributed by atoms with Gasteiger partial charge in [-0.1, -0.05) is 13.8 Å². The van der Waals surface area contributed by atoms with Crippen LogP contribution in [0.15, 0.2) is 12.3 Å². The minimum Gasteiger partial charge on any atom is -0.365 e. The quantitative estimate of drug-likeness (QED) is 0.837. The normalized spacial score (nSPS) is 29.4. The third kappa shape index (κ3) is 2.15. The Balaban J connectivity index is 2.09. The fourth-order valence-corrected chi connectivity index (χ4v) is 2.26. The Labute approximate surface area is 94.1 Å². The van der Waals surface area contributed by atoms with Gasteiger partial charge < -0.3 is 5.32 Å².